The van der Waals surface area contributed by atoms with E-state index in [0.717, 1.165) is 51.0 Å². The van der Waals surface area contributed by atoms with E-state index in [9.17, 15) is 5.11 Å². The number of nitrogens with one attached hydrogen (secondary N) is 2. The van der Waals surface area contributed by atoms with Gasteiger partial charge in [-0.3, -0.25) is 9.89 Å². The van der Waals surface area contributed by atoms with E-state index in [2.05, 4.69) is 51.7 Å². The van der Waals surface area contributed by atoms with Gasteiger partial charge in [0.1, 0.15) is 0 Å². The van der Waals surface area contributed by atoms with Gasteiger partial charge in [-0.15, -0.1) is 24.0 Å². The number of aliphatic imine (C=N–C) groups is 1. The van der Waals surface area contributed by atoms with E-state index in [1.807, 2.05) is 0 Å². The van der Waals surface area contributed by atoms with Gasteiger partial charge in [-0.25, -0.2) is 0 Å². The summed E-state index contributed by atoms with van der Waals surface area (Å²) in [6.07, 6.45) is 4.34. The van der Waals surface area contributed by atoms with Crippen molar-refractivity contribution in [2.75, 3.05) is 46.5 Å². The van der Waals surface area contributed by atoms with Crippen LogP contribution in [0.5, 0.6) is 0 Å². The number of likely N-dealkylation sites (tertiary alicyclic amines) is 1. The van der Waals surface area contributed by atoms with Crippen LogP contribution in [0.15, 0.2) is 29.3 Å². The normalized spacial score (nSPS) is 23.2. The Labute approximate surface area is 198 Å². The predicted molar refractivity (Wildman–Crippen MR) is 133 cm³/mol. The fraction of sp³-hybridized carbons (Fsp3) is 0.696. The maximum atomic E-state index is 9.41. The van der Waals surface area contributed by atoms with E-state index in [1.165, 1.54) is 37.1 Å². The Morgan fingerprint density at radius 2 is 1.97 bits per heavy atom. The van der Waals surface area contributed by atoms with Crippen molar-refractivity contribution >= 4 is 29.9 Å². The van der Waals surface area contributed by atoms with Gasteiger partial charge in [-0.05, 0) is 55.8 Å². The molecule has 2 aliphatic rings. The zero-order valence-electron chi connectivity index (χ0n) is 18.5. The van der Waals surface area contributed by atoms with E-state index in [4.69, 9.17) is 4.74 Å². The molecule has 0 radical (unpaired) electrons. The molecule has 3 rings (SSSR count). The number of halogens is 1. The van der Waals surface area contributed by atoms with Crippen LogP contribution >= 0.6 is 24.0 Å². The number of hydrogen-bond donors (Lipinski definition) is 3. The minimum atomic E-state index is 0. The van der Waals surface area contributed by atoms with E-state index in [1.54, 1.807) is 7.05 Å². The Bertz CT molecular complexity index is 656. The summed E-state index contributed by atoms with van der Waals surface area (Å²) in [4.78, 5) is 6.96. The quantitative estimate of drug-likeness (QED) is 0.274. The van der Waals surface area contributed by atoms with Crippen molar-refractivity contribution in [3.8, 4) is 0 Å². The van der Waals surface area contributed by atoms with Crippen LogP contribution in [-0.2, 0) is 17.8 Å². The number of rotatable bonds is 8. The number of aliphatic hydroxyl groups is 1. The highest BCUT2D eigenvalue weighted by Gasteiger charge is 2.34. The number of nitrogens with zero attached hydrogens (tertiary/aromatic N) is 2. The summed E-state index contributed by atoms with van der Waals surface area (Å²) in [6.45, 7) is 8.96. The van der Waals surface area contributed by atoms with Crippen molar-refractivity contribution < 1.29 is 9.84 Å². The molecule has 2 aliphatic heterocycles. The van der Waals surface area contributed by atoms with Crippen LogP contribution in [0.1, 0.15) is 43.7 Å². The first-order valence-corrected chi connectivity index (χ1v) is 11.1. The highest BCUT2D eigenvalue weighted by atomic mass is 127. The summed E-state index contributed by atoms with van der Waals surface area (Å²) in [6, 6.07) is 8.70. The van der Waals surface area contributed by atoms with E-state index < -0.39 is 0 Å². The molecule has 2 heterocycles. The number of guanidine groups is 1. The first-order valence-electron chi connectivity index (χ1n) is 11.1. The lowest BCUT2D eigenvalue weighted by Gasteiger charge is -2.31. The molecule has 0 aliphatic carbocycles. The molecule has 0 saturated carbocycles. The average Bonchev–Trinajstić information content (AvgIpc) is 3.20. The van der Waals surface area contributed by atoms with Crippen LogP contribution in [0.3, 0.4) is 0 Å². The highest BCUT2D eigenvalue weighted by Crippen LogP contribution is 2.31. The zero-order valence-corrected chi connectivity index (χ0v) is 20.9. The molecule has 170 valence electrons. The van der Waals surface area contributed by atoms with Gasteiger partial charge in [-0.1, -0.05) is 31.2 Å². The molecule has 30 heavy (non-hydrogen) atoms. The van der Waals surface area contributed by atoms with E-state index >= 15 is 0 Å². The number of piperidine rings is 1. The summed E-state index contributed by atoms with van der Waals surface area (Å²) in [5.74, 6) is 1.66. The second kappa shape index (κ2) is 12.8. The van der Waals surface area contributed by atoms with E-state index in [-0.39, 0.29) is 36.0 Å². The number of hydrogen-bond acceptors (Lipinski definition) is 4. The topological polar surface area (TPSA) is 69.1 Å². The molecular formula is C23H39IN4O2. The molecule has 0 aromatic heterocycles. The Morgan fingerprint density at radius 1 is 1.23 bits per heavy atom. The maximum absolute atomic E-state index is 9.41. The molecule has 1 unspecified atom stereocenters. The van der Waals surface area contributed by atoms with Crippen LogP contribution in [0.2, 0.25) is 0 Å². The summed E-state index contributed by atoms with van der Waals surface area (Å²) in [5, 5.41) is 16.3. The van der Waals surface area contributed by atoms with Crippen LogP contribution in [0.4, 0.5) is 0 Å². The van der Waals surface area contributed by atoms with Gasteiger partial charge in [0, 0.05) is 45.3 Å². The van der Waals surface area contributed by atoms with Gasteiger partial charge < -0.3 is 20.5 Å². The fourth-order valence-corrected chi connectivity index (χ4v) is 4.33. The largest absolute Gasteiger partial charge is 0.396 e. The van der Waals surface area contributed by atoms with Gasteiger partial charge in [-0.2, -0.15) is 0 Å². The average molecular weight is 530 g/mol. The van der Waals surface area contributed by atoms with E-state index in [0.29, 0.717) is 6.61 Å². The van der Waals surface area contributed by atoms with Gasteiger partial charge in [0.2, 0.25) is 0 Å². The van der Waals surface area contributed by atoms with Crippen LogP contribution < -0.4 is 10.6 Å². The first kappa shape index (κ1) is 25.4. The Kier molecular flexibility index (Phi) is 10.8. The van der Waals surface area contributed by atoms with Crippen molar-refractivity contribution in [3.63, 3.8) is 0 Å². The second-order valence-electron chi connectivity index (χ2n) is 8.78. The molecule has 0 amide bonds. The molecule has 2 saturated heterocycles. The molecule has 7 heteroatoms. The first-order chi connectivity index (χ1) is 14.1. The lowest BCUT2D eigenvalue weighted by Crippen LogP contribution is -2.44. The SMILES string of the molecule is CN=C(NCc1ccccc1CN1CCC(C)CC1)NCC1(CCO)CCOC1.I. The summed E-state index contributed by atoms with van der Waals surface area (Å²) >= 11 is 0. The monoisotopic (exact) mass is 530 g/mol. The highest BCUT2D eigenvalue weighted by molar-refractivity contribution is 14.0. The van der Waals surface area contributed by atoms with Crippen LogP contribution in [0, 0.1) is 11.3 Å². The molecular weight excluding hydrogens is 491 g/mol. The van der Waals surface area contributed by atoms with Gasteiger partial charge >= 0.3 is 0 Å². The molecule has 1 atom stereocenters. The van der Waals surface area contributed by atoms with Crippen molar-refractivity contribution in [1.29, 1.82) is 0 Å². The number of ether oxygens (including phenoxy) is 1. The predicted octanol–water partition coefficient (Wildman–Crippen LogP) is 2.99. The third kappa shape index (κ3) is 7.35. The molecule has 0 bridgehead atoms. The fourth-order valence-electron chi connectivity index (χ4n) is 4.33. The lowest BCUT2D eigenvalue weighted by atomic mass is 9.84. The second-order valence-corrected chi connectivity index (χ2v) is 8.78. The van der Waals surface area contributed by atoms with Crippen LogP contribution in [0.25, 0.3) is 0 Å². The van der Waals surface area contributed by atoms with Crippen molar-refractivity contribution in [2.24, 2.45) is 16.3 Å². The smallest absolute Gasteiger partial charge is 0.191 e. The van der Waals surface area contributed by atoms with Gasteiger partial charge in [0.25, 0.3) is 0 Å². The Balaban J connectivity index is 0.00000320. The molecule has 3 N–H and O–H groups in total. The van der Waals surface area contributed by atoms with Gasteiger partial charge in [0.05, 0.1) is 6.61 Å². The standard InChI is InChI=1S/C23H38N4O2.HI/c1-19-7-11-27(12-8-19)16-21-6-4-3-5-20(21)15-25-22(24-2)26-17-23(9-13-28)10-14-29-18-23;/h3-6,19,28H,7-18H2,1-2H3,(H2,24,25,26);1H. The zero-order chi connectivity index (χ0) is 20.5. The maximum Gasteiger partial charge on any atom is 0.191 e. The summed E-state index contributed by atoms with van der Waals surface area (Å²) in [7, 11) is 1.81. The molecule has 1 aromatic rings. The minimum absolute atomic E-state index is 0. The Hall–Kier alpha value is -0.900. The third-order valence-electron chi connectivity index (χ3n) is 6.52. The Morgan fingerprint density at radius 3 is 2.60 bits per heavy atom. The van der Waals surface area contributed by atoms with Crippen molar-refractivity contribution in [2.45, 2.75) is 45.7 Å². The summed E-state index contributed by atoms with van der Waals surface area (Å²) < 4.78 is 5.59. The van der Waals surface area contributed by atoms with Crippen LogP contribution in [-0.4, -0.2) is 62.5 Å². The number of benzene rings is 1. The molecule has 1 aromatic carbocycles. The molecule has 2 fully saturated rings. The van der Waals surface area contributed by atoms with Crippen molar-refractivity contribution in [1.82, 2.24) is 15.5 Å². The van der Waals surface area contributed by atoms with Gasteiger partial charge in [0.15, 0.2) is 5.96 Å². The minimum Gasteiger partial charge on any atom is -0.396 e. The lowest BCUT2D eigenvalue weighted by molar-refractivity contribution is 0.127. The molecule has 6 nitrogen and oxygen atoms in total. The third-order valence-corrected chi connectivity index (χ3v) is 6.52. The number of aliphatic hydroxyl groups excluding tert-OH is 1. The summed E-state index contributed by atoms with van der Waals surface area (Å²) in [5.41, 5.74) is 2.73. The molecule has 0 spiro atoms. The van der Waals surface area contributed by atoms with Crippen molar-refractivity contribution in [3.05, 3.63) is 35.4 Å².